The van der Waals surface area contributed by atoms with Gasteiger partial charge in [0.1, 0.15) is 0 Å². The molecule has 0 radical (unpaired) electrons. The Balaban J connectivity index is 1.47. The summed E-state index contributed by atoms with van der Waals surface area (Å²) in [5.41, 5.74) is 0.691. The quantitative estimate of drug-likeness (QED) is 0.528. The number of benzene rings is 2. The average molecular weight is 465 g/mol. The molecule has 1 aliphatic rings. The lowest BCUT2D eigenvalue weighted by atomic mass is 10.1. The first-order valence-corrected chi connectivity index (χ1v) is 10.5. The second kappa shape index (κ2) is 9.20. The molecular formula is C22H20ClF3N4O2. The second-order valence-electron chi connectivity index (χ2n) is 7.48. The van der Waals surface area contributed by atoms with Gasteiger partial charge in [-0.1, -0.05) is 28.9 Å². The van der Waals surface area contributed by atoms with E-state index in [1.807, 2.05) is 4.90 Å². The summed E-state index contributed by atoms with van der Waals surface area (Å²) in [5.74, 6) is 0.322. The largest absolute Gasteiger partial charge is 0.416 e. The summed E-state index contributed by atoms with van der Waals surface area (Å²) in [6.07, 6.45) is -1.33. The van der Waals surface area contributed by atoms with Gasteiger partial charge in [-0.25, -0.2) is 0 Å². The van der Waals surface area contributed by atoms with Crippen LogP contribution in [0.3, 0.4) is 0 Å². The highest BCUT2D eigenvalue weighted by Gasteiger charge is 2.30. The Kier molecular flexibility index (Phi) is 6.36. The highest BCUT2D eigenvalue weighted by atomic mass is 35.5. The average Bonchev–Trinajstić information content (AvgIpc) is 3.26. The van der Waals surface area contributed by atoms with Crippen LogP contribution in [0.15, 0.2) is 47.0 Å². The minimum Gasteiger partial charge on any atom is -0.375 e. The van der Waals surface area contributed by atoms with E-state index in [4.69, 9.17) is 16.1 Å². The molecule has 1 aliphatic heterocycles. The normalized spacial score (nSPS) is 14.4. The van der Waals surface area contributed by atoms with Crippen molar-refractivity contribution in [3.63, 3.8) is 0 Å². The lowest BCUT2D eigenvalue weighted by molar-refractivity contribution is -0.137. The van der Waals surface area contributed by atoms with Crippen molar-refractivity contribution in [2.24, 2.45) is 0 Å². The second-order valence-corrected chi connectivity index (χ2v) is 7.92. The molecule has 1 fully saturated rings. The number of amides is 1. The van der Waals surface area contributed by atoms with Crippen molar-refractivity contribution in [3.05, 3.63) is 64.5 Å². The van der Waals surface area contributed by atoms with Crippen LogP contribution in [-0.4, -0.2) is 34.0 Å². The standard InChI is InChI=1S/C22H20ClF3N4O2/c23-16-8-9-17(21(31)30-10-2-1-3-11-30)18(12-16)27-13-19-28-20(29-32-19)14-4-6-15(7-5-14)22(24,25)26/h4-9,12,27H,1-3,10-11,13H2. The molecule has 1 N–H and O–H groups in total. The van der Waals surface area contributed by atoms with Gasteiger partial charge in [-0.15, -0.1) is 0 Å². The molecule has 1 amide bonds. The van der Waals surface area contributed by atoms with Crippen LogP contribution in [-0.2, 0) is 12.7 Å². The van der Waals surface area contributed by atoms with Crippen LogP contribution in [0, 0.1) is 0 Å². The molecule has 1 aromatic heterocycles. The Hall–Kier alpha value is -3.07. The number of carbonyl (C=O) groups excluding carboxylic acids is 1. The zero-order chi connectivity index (χ0) is 22.7. The Morgan fingerprint density at radius 2 is 1.81 bits per heavy atom. The fraction of sp³-hybridized carbons (Fsp3) is 0.318. The number of alkyl halides is 3. The summed E-state index contributed by atoms with van der Waals surface area (Å²) in [6.45, 7) is 1.57. The number of nitrogens with one attached hydrogen (secondary N) is 1. The van der Waals surface area contributed by atoms with Gasteiger partial charge in [-0.3, -0.25) is 4.79 Å². The van der Waals surface area contributed by atoms with Crippen molar-refractivity contribution < 1.29 is 22.5 Å². The van der Waals surface area contributed by atoms with E-state index in [0.717, 1.165) is 44.5 Å². The molecule has 0 atom stereocenters. The molecule has 0 saturated carbocycles. The van der Waals surface area contributed by atoms with Crippen LogP contribution < -0.4 is 5.32 Å². The summed E-state index contributed by atoms with van der Waals surface area (Å²) in [7, 11) is 0. The Labute approximate surface area is 187 Å². The van der Waals surface area contributed by atoms with Crippen LogP contribution in [0.5, 0.6) is 0 Å². The summed E-state index contributed by atoms with van der Waals surface area (Å²) < 4.78 is 43.4. The Bertz CT molecular complexity index is 1090. The van der Waals surface area contributed by atoms with Crippen molar-refractivity contribution in [1.29, 1.82) is 0 Å². The maximum absolute atomic E-state index is 12.9. The fourth-order valence-corrected chi connectivity index (χ4v) is 3.71. The summed E-state index contributed by atoms with van der Waals surface area (Å²) in [5, 5.41) is 7.41. The van der Waals surface area contributed by atoms with Crippen LogP contribution in [0.25, 0.3) is 11.4 Å². The minimum atomic E-state index is -4.41. The molecule has 10 heteroatoms. The molecule has 2 heterocycles. The number of nitrogens with zero attached hydrogens (tertiary/aromatic N) is 3. The van der Waals surface area contributed by atoms with Crippen molar-refractivity contribution in [3.8, 4) is 11.4 Å². The van der Waals surface area contributed by atoms with Gasteiger partial charge >= 0.3 is 6.18 Å². The summed E-state index contributed by atoms with van der Waals surface area (Å²) in [4.78, 5) is 19.0. The SMILES string of the molecule is O=C(c1ccc(Cl)cc1NCc1nc(-c2ccc(C(F)(F)F)cc2)no1)N1CCCCC1. The molecule has 2 aromatic carbocycles. The molecule has 6 nitrogen and oxygen atoms in total. The van der Waals surface area contributed by atoms with Crippen LogP contribution >= 0.6 is 11.6 Å². The van der Waals surface area contributed by atoms with Crippen molar-refractivity contribution in [2.75, 3.05) is 18.4 Å². The van der Waals surface area contributed by atoms with Gasteiger partial charge in [-0.2, -0.15) is 18.2 Å². The molecule has 3 aromatic rings. The number of aromatic nitrogens is 2. The molecule has 168 valence electrons. The van der Waals surface area contributed by atoms with Crippen molar-refractivity contribution >= 4 is 23.2 Å². The summed E-state index contributed by atoms with van der Waals surface area (Å²) >= 11 is 6.12. The monoisotopic (exact) mass is 464 g/mol. The Morgan fingerprint density at radius 1 is 1.09 bits per heavy atom. The molecule has 1 saturated heterocycles. The first-order chi connectivity index (χ1) is 15.3. The lowest BCUT2D eigenvalue weighted by Crippen LogP contribution is -2.36. The van der Waals surface area contributed by atoms with E-state index in [9.17, 15) is 18.0 Å². The van der Waals surface area contributed by atoms with E-state index in [2.05, 4.69) is 15.5 Å². The highest BCUT2D eigenvalue weighted by Crippen LogP contribution is 2.30. The lowest BCUT2D eigenvalue weighted by Gasteiger charge is -2.27. The van der Waals surface area contributed by atoms with Gasteiger partial charge in [0.25, 0.3) is 5.91 Å². The number of hydrogen-bond acceptors (Lipinski definition) is 5. The number of carbonyl (C=O) groups is 1. The third-order valence-electron chi connectivity index (χ3n) is 5.22. The Morgan fingerprint density at radius 3 is 2.50 bits per heavy atom. The fourth-order valence-electron chi connectivity index (χ4n) is 3.54. The van der Waals surface area contributed by atoms with Gasteiger partial charge in [-0.05, 0) is 49.6 Å². The van der Waals surface area contributed by atoms with Crippen LogP contribution in [0.1, 0.15) is 41.1 Å². The van der Waals surface area contributed by atoms with Gasteiger partial charge in [0.05, 0.1) is 17.7 Å². The number of halogens is 4. The highest BCUT2D eigenvalue weighted by molar-refractivity contribution is 6.31. The van der Waals surface area contributed by atoms with E-state index >= 15 is 0 Å². The zero-order valence-corrected chi connectivity index (χ0v) is 17.7. The number of anilines is 1. The number of rotatable bonds is 5. The van der Waals surface area contributed by atoms with E-state index in [1.54, 1.807) is 18.2 Å². The zero-order valence-electron chi connectivity index (χ0n) is 17.0. The van der Waals surface area contributed by atoms with Crippen molar-refractivity contribution in [1.82, 2.24) is 15.0 Å². The number of likely N-dealkylation sites (tertiary alicyclic amines) is 1. The molecular weight excluding hydrogens is 445 g/mol. The van der Waals surface area contributed by atoms with Crippen molar-refractivity contribution in [2.45, 2.75) is 32.0 Å². The van der Waals surface area contributed by atoms with E-state index in [1.165, 1.54) is 12.1 Å². The third kappa shape index (κ3) is 5.04. The third-order valence-corrected chi connectivity index (χ3v) is 5.46. The topological polar surface area (TPSA) is 71.3 Å². The van der Waals surface area contributed by atoms with E-state index in [0.29, 0.717) is 21.8 Å². The predicted octanol–water partition coefficient (Wildman–Crippen LogP) is 5.65. The summed E-state index contributed by atoms with van der Waals surface area (Å²) in [6, 6.07) is 9.52. The van der Waals surface area contributed by atoms with Crippen LogP contribution in [0.2, 0.25) is 5.02 Å². The predicted molar refractivity (Wildman–Crippen MR) is 113 cm³/mol. The number of piperidine rings is 1. The first-order valence-electron chi connectivity index (χ1n) is 10.1. The molecule has 0 unspecified atom stereocenters. The minimum absolute atomic E-state index is 0.0696. The van der Waals surface area contributed by atoms with Gasteiger partial charge < -0.3 is 14.7 Å². The first kappa shape index (κ1) is 22.1. The van der Waals surface area contributed by atoms with Gasteiger partial charge in [0.2, 0.25) is 11.7 Å². The molecule has 4 rings (SSSR count). The van der Waals surface area contributed by atoms with Gasteiger partial charge in [0, 0.05) is 29.4 Å². The van der Waals surface area contributed by atoms with Crippen LogP contribution in [0.4, 0.5) is 18.9 Å². The smallest absolute Gasteiger partial charge is 0.375 e. The van der Waals surface area contributed by atoms with E-state index in [-0.39, 0.29) is 24.2 Å². The maximum atomic E-state index is 12.9. The molecule has 0 aliphatic carbocycles. The molecule has 0 bridgehead atoms. The van der Waals surface area contributed by atoms with Gasteiger partial charge in [0.15, 0.2) is 0 Å². The molecule has 0 spiro atoms. The number of hydrogen-bond donors (Lipinski definition) is 1. The molecule has 32 heavy (non-hydrogen) atoms. The maximum Gasteiger partial charge on any atom is 0.416 e. The van der Waals surface area contributed by atoms with E-state index < -0.39 is 11.7 Å².